The third-order valence-corrected chi connectivity index (χ3v) is 4.98. The number of anilines is 1. The Hall–Kier alpha value is -1.92. The molecule has 0 aliphatic carbocycles. The molecule has 2 fully saturated rings. The lowest BCUT2D eigenvalue weighted by Gasteiger charge is -2.39. The molecule has 130 valence electrons. The SMILES string of the molecule is Cc1ccc(C)c(NC(=O)C2CCCN(C3CNNC(=O)C3)C2)c1. The molecule has 3 N–H and O–H groups in total. The zero-order chi connectivity index (χ0) is 17.1. The van der Waals surface area contributed by atoms with Crippen molar-refractivity contribution in [1.29, 1.82) is 0 Å². The second-order valence-electron chi connectivity index (χ2n) is 6.93. The van der Waals surface area contributed by atoms with Gasteiger partial charge in [-0.05, 0) is 50.4 Å². The molecule has 1 aromatic rings. The number of carbonyl (C=O) groups excluding carboxylic acids is 2. The molecule has 2 unspecified atom stereocenters. The number of piperidine rings is 1. The highest BCUT2D eigenvalue weighted by molar-refractivity contribution is 5.93. The molecule has 0 aromatic heterocycles. The lowest BCUT2D eigenvalue weighted by Crippen LogP contribution is -2.57. The number of nitrogens with zero attached hydrogens (tertiary/aromatic N) is 1. The van der Waals surface area contributed by atoms with E-state index in [9.17, 15) is 9.59 Å². The largest absolute Gasteiger partial charge is 0.326 e. The second kappa shape index (κ2) is 7.32. The molecule has 1 aromatic carbocycles. The van der Waals surface area contributed by atoms with Crippen molar-refractivity contribution in [2.75, 3.05) is 25.0 Å². The molecule has 2 aliphatic heterocycles. The fourth-order valence-electron chi connectivity index (χ4n) is 3.52. The number of carbonyl (C=O) groups is 2. The lowest BCUT2D eigenvalue weighted by molar-refractivity contribution is -0.126. The zero-order valence-electron chi connectivity index (χ0n) is 14.4. The Bertz CT molecular complexity index is 631. The van der Waals surface area contributed by atoms with Crippen molar-refractivity contribution in [1.82, 2.24) is 15.8 Å². The number of nitrogens with one attached hydrogen (secondary N) is 3. The molecule has 2 amide bonds. The maximum Gasteiger partial charge on any atom is 0.235 e. The first-order valence-corrected chi connectivity index (χ1v) is 8.67. The van der Waals surface area contributed by atoms with E-state index in [2.05, 4.69) is 27.1 Å². The number of hydrogen-bond acceptors (Lipinski definition) is 4. The van der Waals surface area contributed by atoms with E-state index in [0.29, 0.717) is 6.42 Å². The Labute approximate surface area is 143 Å². The molecule has 2 aliphatic rings. The number of likely N-dealkylation sites (tertiary alicyclic amines) is 1. The summed E-state index contributed by atoms with van der Waals surface area (Å²) in [5.41, 5.74) is 8.69. The number of hydrazine groups is 1. The van der Waals surface area contributed by atoms with Crippen molar-refractivity contribution in [2.24, 2.45) is 5.92 Å². The van der Waals surface area contributed by atoms with Crippen LogP contribution in [-0.4, -0.2) is 42.4 Å². The summed E-state index contributed by atoms with van der Waals surface area (Å²) in [5.74, 6) is 0.0819. The maximum atomic E-state index is 12.7. The van der Waals surface area contributed by atoms with E-state index in [1.807, 2.05) is 26.0 Å². The normalized spacial score (nSPS) is 25.2. The second-order valence-corrected chi connectivity index (χ2v) is 6.93. The first-order chi connectivity index (χ1) is 11.5. The predicted molar refractivity (Wildman–Crippen MR) is 93.4 cm³/mol. The van der Waals surface area contributed by atoms with E-state index in [-0.39, 0.29) is 23.8 Å². The minimum absolute atomic E-state index is 0.0215. The zero-order valence-corrected chi connectivity index (χ0v) is 14.4. The minimum Gasteiger partial charge on any atom is -0.326 e. The van der Waals surface area contributed by atoms with Crippen LogP contribution in [-0.2, 0) is 9.59 Å². The summed E-state index contributed by atoms with van der Waals surface area (Å²) >= 11 is 0. The Kier molecular flexibility index (Phi) is 5.16. The topological polar surface area (TPSA) is 73.5 Å². The van der Waals surface area contributed by atoms with Gasteiger partial charge >= 0.3 is 0 Å². The molecule has 0 saturated carbocycles. The minimum atomic E-state index is -0.0244. The van der Waals surface area contributed by atoms with E-state index in [1.54, 1.807) is 0 Å². The number of hydrogen-bond donors (Lipinski definition) is 3. The molecule has 0 spiro atoms. The van der Waals surface area contributed by atoms with E-state index in [0.717, 1.165) is 49.3 Å². The Morgan fingerprint density at radius 3 is 2.96 bits per heavy atom. The summed E-state index contributed by atoms with van der Waals surface area (Å²) in [5, 5.41) is 3.09. The summed E-state index contributed by atoms with van der Waals surface area (Å²) in [6.07, 6.45) is 2.39. The fraction of sp³-hybridized carbons (Fsp3) is 0.556. The van der Waals surface area contributed by atoms with Gasteiger partial charge in [0.1, 0.15) is 0 Å². The van der Waals surface area contributed by atoms with Crippen LogP contribution in [0.3, 0.4) is 0 Å². The molecule has 0 radical (unpaired) electrons. The van der Waals surface area contributed by atoms with Crippen LogP contribution in [0.2, 0.25) is 0 Å². The highest BCUT2D eigenvalue weighted by Crippen LogP contribution is 2.23. The van der Waals surface area contributed by atoms with Gasteiger partial charge in [-0.15, -0.1) is 0 Å². The quantitative estimate of drug-likeness (QED) is 0.782. The highest BCUT2D eigenvalue weighted by atomic mass is 16.2. The summed E-state index contributed by atoms with van der Waals surface area (Å²) in [6, 6.07) is 6.28. The molecule has 3 rings (SSSR count). The first-order valence-electron chi connectivity index (χ1n) is 8.67. The first kappa shape index (κ1) is 16.9. The molecule has 6 nitrogen and oxygen atoms in total. The molecule has 2 saturated heterocycles. The summed E-state index contributed by atoms with van der Waals surface area (Å²) in [4.78, 5) is 26.5. The van der Waals surface area contributed by atoms with Crippen LogP contribution in [0.5, 0.6) is 0 Å². The van der Waals surface area contributed by atoms with Gasteiger partial charge in [0.2, 0.25) is 11.8 Å². The Morgan fingerprint density at radius 1 is 1.33 bits per heavy atom. The Balaban J connectivity index is 1.62. The van der Waals surface area contributed by atoms with Gasteiger partial charge in [0.05, 0.1) is 5.92 Å². The van der Waals surface area contributed by atoms with E-state index < -0.39 is 0 Å². The van der Waals surface area contributed by atoms with Crippen LogP contribution in [0.4, 0.5) is 5.69 Å². The lowest BCUT2D eigenvalue weighted by atomic mass is 9.94. The summed E-state index contributed by atoms with van der Waals surface area (Å²) in [6.45, 7) is 6.44. The van der Waals surface area contributed by atoms with E-state index in [4.69, 9.17) is 0 Å². The van der Waals surface area contributed by atoms with Gasteiger partial charge in [0.25, 0.3) is 0 Å². The van der Waals surface area contributed by atoms with Gasteiger partial charge in [-0.1, -0.05) is 12.1 Å². The molecule has 6 heteroatoms. The van der Waals surface area contributed by atoms with Gasteiger partial charge < -0.3 is 5.32 Å². The average molecular weight is 330 g/mol. The third kappa shape index (κ3) is 3.94. The molecule has 2 atom stereocenters. The van der Waals surface area contributed by atoms with Gasteiger partial charge in [-0.2, -0.15) is 0 Å². The standard InChI is InChI=1S/C18H26N4O2/c1-12-5-6-13(2)16(8-12)20-18(24)14-4-3-7-22(11-14)15-9-17(23)21-19-10-15/h5-6,8,14-15,19H,3-4,7,9-11H2,1-2H3,(H,20,24)(H,21,23). The summed E-state index contributed by atoms with van der Waals surface area (Å²) < 4.78 is 0. The van der Waals surface area contributed by atoms with Crippen LogP contribution >= 0.6 is 0 Å². The monoisotopic (exact) mass is 330 g/mol. The fourth-order valence-corrected chi connectivity index (χ4v) is 3.52. The van der Waals surface area contributed by atoms with Gasteiger partial charge in [-0.3, -0.25) is 19.9 Å². The highest BCUT2D eigenvalue weighted by Gasteiger charge is 2.32. The molecule has 0 bridgehead atoms. The number of rotatable bonds is 3. The smallest absolute Gasteiger partial charge is 0.235 e. The van der Waals surface area contributed by atoms with E-state index >= 15 is 0 Å². The van der Waals surface area contributed by atoms with Gasteiger partial charge in [-0.25, -0.2) is 5.43 Å². The van der Waals surface area contributed by atoms with Crippen LogP contribution in [0.15, 0.2) is 18.2 Å². The van der Waals surface area contributed by atoms with Crippen molar-refractivity contribution in [2.45, 2.75) is 39.2 Å². The van der Waals surface area contributed by atoms with Crippen LogP contribution in [0.1, 0.15) is 30.4 Å². The number of aryl methyl sites for hydroxylation is 2. The molecular formula is C18H26N4O2. The number of amides is 2. The van der Waals surface area contributed by atoms with Crippen LogP contribution < -0.4 is 16.2 Å². The van der Waals surface area contributed by atoms with Gasteiger partial charge in [0, 0.05) is 31.2 Å². The molecular weight excluding hydrogens is 304 g/mol. The maximum absolute atomic E-state index is 12.7. The summed E-state index contributed by atoms with van der Waals surface area (Å²) in [7, 11) is 0. The van der Waals surface area contributed by atoms with Crippen molar-refractivity contribution < 1.29 is 9.59 Å². The van der Waals surface area contributed by atoms with Crippen molar-refractivity contribution >= 4 is 17.5 Å². The van der Waals surface area contributed by atoms with Crippen molar-refractivity contribution in [3.63, 3.8) is 0 Å². The van der Waals surface area contributed by atoms with Crippen molar-refractivity contribution in [3.05, 3.63) is 29.3 Å². The predicted octanol–water partition coefficient (Wildman–Crippen LogP) is 1.35. The number of benzene rings is 1. The molecule has 2 heterocycles. The average Bonchev–Trinajstić information content (AvgIpc) is 2.58. The van der Waals surface area contributed by atoms with E-state index in [1.165, 1.54) is 0 Å². The van der Waals surface area contributed by atoms with Crippen LogP contribution in [0, 0.1) is 19.8 Å². The Morgan fingerprint density at radius 2 is 2.17 bits per heavy atom. The third-order valence-electron chi connectivity index (χ3n) is 4.98. The van der Waals surface area contributed by atoms with Gasteiger partial charge in [0.15, 0.2) is 0 Å². The van der Waals surface area contributed by atoms with Crippen molar-refractivity contribution in [3.8, 4) is 0 Å². The molecule has 24 heavy (non-hydrogen) atoms. The van der Waals surface area contributed by atoms with Crippen LogP contribution in [0.25, 0.3) is 0 Å².